The van der Waals surface area contributed by atoms with Crippen molar-refractivity contribution in [2.75, 3.05) is 33.0 Å². The van der Waals surface area contributed by atoms with Gasteiger partial charge in [0, 0.05) is 13.1 Å². The van der Waals surface area contributed by atoms with Gasteiger partial charge in [-0.25, -0.2) is 0 Å². The Balaban J connectivity index is 1.71. The first-order valence-electron chi connectivity index (χ1n) is 6.84. The first-order chi connectivity index (χ1) is 10.2. The van der Waals surface area contributed by atoms with E-state index in [2.05, 4.69) is 4.90 Å². The van der Waals surface area contributed by atoms with Gasteiger partial charge in [0.15, 0.2) is 0 Å². The fourth-order valence-electron chi connectivity index (χ4n) is 2.27. The van der Waals surface area contributed by atoms with Crippen molar-refractivity contribution < 1.29 is 9.53 Å². The van der Waals surface area contributed by atoms with Gasteiger partial charge in [-0.1, -0.05) is 54.3 Å². The lowest BCUT2D eigenvalue weighted by Gasteiger charge is -2.29. The molecule has 0 atom stereocenters. The number of amides is 1. The summed E-state index contributed by atoms with van der Waals surface area (Å²) in [6.45, 7) is 3.67. The van der Waals surface area contributed by atoms with Crippen LogP contribution in [0.1, 0.15) is 5.56 Å². The third-order valence-corrected chi connectivity index (χ3v) is 4.79. The van der Waals surface area contributed by atoms with Gasteiger partial charge in [0.25, 0.3) is 5.91 Å². The molecule has 4 nitrogen and oxygen atoms in total. The van der Waals surface area contributed by atoms with E-state index in [9.17, 15) is 4.79 Å². The largest absolute Gasteiger partial charge is 0.379 e. The summed E-state index contributed by atoms with van der Waals surface area (Å²) in [4.78, 5) is 17.1. The second kappa shape index (κ2) is 6.70. The molecule has 2 saturated heterocycles. The Labute approximate surface area is 133 Å². The Morgan fingerprint density at radius 3 is 2.67 bits per heavy atom. The van der Waals surface area contributed by atoms with Crippen LogP contribution in [0.25, 0.3) is 6.08 Å². The number of morpholine rings is 1. The number of thiocarbonyl (C=S) groups is 1. The van der Waals surface area contributed by atoms with Crippen molar-refractivity contribution >= 4 is 40.3 Å². The lowest BCUT2D eigenvalue weighted by Crippen LogP contribution is -2.45. The molecule has 0 unspecified atom stereocenters. The highest BCUT2D eigenvalue weighted by Crippen LogP contribution is 2.32. The van der Waals surface area contributed by atoms with Gasteiger partial charge in [-0.3, -0.25) is 14.6 Å². The number of nitrogens with zero attached hydrogens (tertiary/aromatic N) is 2. The van der Waals surface area contributed by atoms with Crippen molar-refractivity contribution in [2.24, 2.45) is 0 Å². The van der Waals surface area contributed by atoms with Crippen molar-refractivity contribution in [3.63, 3.8) is 0 Å². The molecular formula is C15H16N2O2S2. The molecule has 1 amide bonds. The maximum absolute atomic E-state index is 12.5. The normalized spacial score (nSPS) is 22.3. The lowest BCUT2D eigenvalue weighted by atomic mass is 10.2. The first-order valence-corrected chi connectivity index (χ1v) is 8.07. The SMILES string of the molecule is O=C1/C(=C\c2ccccc2)SC(=S)N1CN1CCOCC1. The molecule has 2 aliphatic rings. The summed E-state index contributed by atoms with van der Waals surface area (Å²) in [6, 6.07) is 9.84. The quantitative estimate of drug-likeness (QED) is 0.630. The molecule has 2 heterocycles. The molecule has 0 spiro atoms. The fourth-order valence-corrected chi connectivity index (χ4v) is 3.51. The van der Waals surface area contributed by atoms with E-state index >= 15 is 0 Å². The average molecular weight is 320 g/mol. The van der Waals surface area contributed by atoms with Crippen LogP contribution in [0.2, 0.25) is 0 Å². The highest BCUT2D eigenvalue weighted by atomic mass is 32.2. The van der Waals surface area contributed by atoms with Crippen LogP contribution in [0.3, 0.4) is 0 Å². The van der Waals surface area contributed by atoms with Crippen molar-refractivity contribution in [1.29, 1.82) is 0 Å². The van der Waals surface area contributed by atoms with Gasteiger partial charge in [-0.2, -0.15) is 0 Å². The summed E-state index contributed by atoms with van der Waals surface area (Å²) in [5.41, 5.74) is 1.02. The number of thioether (sulfide) groups is 1. The molecule has 0 aromatic heterocycles. The average Bonchev–Trinajstić information content (AvgIpc) is 2.77. The van der Waals surface area contributed by atoms with E-state index in [1.54, 1.807) is 4.90 Å². The second-order valence-electron chi connectivity index (χ2n) is 4.89. The Hall–Kier alpha value is -1.21. The second-order valence-corrected chi connectivity index (χ2v) is 6.57. The molecule has 2 fully saturated rings. The smallest absolute Gasteiger partial charge is 0.267 e. The van der Waals surface area contributed by atoms with E-state index in [1.165, 1.54) is 11.8 Å². The molecule has 0 saturated carbocycles. The zero-order valence-corrected chi connectivity index (χ0v) is 13.2. The van der Waals surface area contributed by atoms with Crippen LogP contribution in [0.5, 0.6) is 0 Å². The molecule has 21 heavy (non-hydrogen) atoms. The van der Waals surface area contributed by atoms with Crippen LogP contribution in [-0.4, -0.2) is 53.0 Å². The molecular weight excluding hydrogens is 304 g/mol. The van der Waals surface area contributed by atoms with Crippen LogP contribution in [0.15, 0.2) is 35.2 Å². The fraction of sp³-hybridized carbons (Fsp3) is 0.333. The third-order valence-electron chi connectivity index (χ3n) is 3.42. The van der Waals surface area contributed by atoms with Crippen LogP contribution < -0.4 is 0 Å². The topological polar surface area (TPSA) is 32.8 Å². The van der Waals surface area contributed by atoms with E-state index in [0.29, 0.717) is 29.1 Å². The first kappa shape index (κ1) is 14.7. The van der Waals surface area contributed by atoms with Crippen LogP contribution in [0.4, 0.5) is 0 Å². The van der Waals surface area contributed by atoms with Gasteiger partial charge in [0.2, 0.25) is 0 Å². The van der Waals surface area contributed by atoms with Gasteiger partial charge in [-0.15, -0.1) is 0 Å². The Morgan fingerprint density at radius 1 is 1.24 bits per heavy atom. The zero-order valence-electron chi connectivity index (χ0n) is 11.5. The van der Waals surface area contributed by atoms with Gasteiger partial charge < -0.3 is 4.74 Å². The van der Waals surface area contributed by atoms with Crippen molar-refractivity contribution in [2.45, 2.75) is 0 Å². The van der Waals surface area contributed by atoms with Crippen molar-refractivity contribution in [3.05, 3.63) is 40.8 Å². The predicted molar refractivity (Wildman–Crippen MR) is 88.7 cm³/mol. The monoisotopic (exact) mass is 320 g/mol. The predicted octanol–water partition coefficient (Wildman–Crippen LogP) is 2.18. The van der Waals surface area contributed by atoms with Crippen molar-refractivity contribution in [1.82, 2.24) is 9.80 Å². The number of ether oxygens (including phenoxy) is 1. The molecule has 2 aliphatic heterocycles. The van der Waals surface area contributed by atoms with Crippen LogP contribution >= 0.6 is 24.0 Å². The summed E-state index contributed by atoms with van der Waals surface area (Å²) >= 11 is 6.72. The Kier molecular flexibility index (Phi) is 4.70. The molecule has 0 aliphatic carbocycles. The Morgan fingerprint density at radius 2 is 1.95 bits per heavy atom. The highest BCUT2D eigenvalue weighted by molar-refractivity contribution is 8.26. The maximum Gasteiger partial charge on any atom is 0.267 e. The van der Waals surface area contributed by atoms with Crippen LogP contribution in [-0.2, 0) is 9.53 Å². The van der Waals surface area contributed by atoms with E-state index in [1.807, 2.05) is 36.4 Å². The minimum absolute atomic E-state index is 0.000319. The lowest BCUT2D eigenvalue weighted by molar-refractivity contribution is -0.124. The maximum atomic E-state index is 12.5. The van der Waals surface area contributed by atoms with Crippen molar-refractivity contribution in [3.8, 4) is 0 Å². The summed E-state index contributed by atoms with van der Waals surface area (Å²) in [5.74, 6) is 0.000319. The van der Waals surface area contributed by atoms with Gasteiger partial charge in [0.1, 0.15) is 4.32 Å². The van der Waals surface area contributed by atoms with E-state index < -0.39 is 0 Å². The van der Waals surface area contributed by atoms with Gasteiger partial charge in [0.05, 0.1) is 24.8 Å². The van der Waals surface area contributed by atoms with Gasteiger partial charge >= 0.3 is 0 Å². The third kappa shape index (κ3) is 3.52. The van der Waals surface area contributed by atoms with Crippen LogP contribution in [0, 0.1) is 0 Å². The molecule has 0 radical (unpaired) electrons. The molecule has 1 aromatic rings. The number of hydrogen-bond donors (Lipinski definition) is 0. The number of benzene rings is 1. The number of rotatable bonds is 3. The molecule has 3 rings (SSSR count). The standard InChI is InChI=1S/C15H16N2O2S2/c18-14-13(10-12-4-2-1-3-5-12)21-15(20)17(14)11-16-6-8-19-9-7-16/h1-5,10H,6-9,11H2/b13-10+. The minimum atomic E-state index is 0.000319. The molecule has 6 heteroatoms. The molecule has 0 N–H and O–H groups in total. The molecule has 0 bridgehead atoms. The highest BCUT2D eigenvalue weighted by Gasteiger charge is 2.33. The minimum Gasteiger partial charge on any atom is -0.379 e. The molecule has 1 aromatic carbocycles. The van der Waals surface area contributed by atoms with Gasteiger partial charge in [-0.05, 0) is 11.6 Å². The summed E-state index contributed by atoms with van der Waals surface area (Å²) in [5, 5.41) is 0. The summed E-state index contributed by atoms with van der Waals surface area (Å²) in [7, 11) is 0. The van der Waals surface area contributed by atoms with E-state index in [4.69, 9.17) is 17.0 Å². The van der Waals surface area contributed by atoms with E-state index in [-0.39, 0.29) is 5.91 Å². The summed E-state index contributed by atoms with van der Waals surface area (Å²) < 4.78 is 5.96. The van der Waals surface area contributed by atoms with E-state index in [0.717, 1.165) is 18.7 Å². The summed E-state index contributed by atoms with van der Waals surface area (Å²) in [6.07, 6.45) is 1.90. The Bertz CT molecular complexity index is 568. The molecule has 110 valence electrons. The number of carbonyl (C=O) groups excluding carboxylic acids is 1. The zero-order chi connectivity index (χ0) is 14.7. The number of hydrogen-bond acceptors (Lipinski definition) is 5. The number of carbonyl (C=O) groups is 1.